The van der Waals surface area contributed by atoms with Crippen LogP contribution in [0.25, 0.3) is 0 Å². The van der Waals surface area contributed by atoms with Crippen LogP contribution in [0.5, 0.6) is 0 Å². The molecular weight excluding hydrogens is 304 g/mol. The number of nitrogens with two attached hydrogens (primary N) is 1. The van der Waals surface area contributed by atoms with E-state index < -0.39 is 21.8 Å². The van der Waals surface area contributed by atoms with Gasteiger partial charge >= 0.3 is 5.97 Å². The van der Waals surface area contributed by atoms with Crippen molar-refractivity contribution >= 4 is 33.5 Å². The van der Waals surface area contributed by atoms with Crippen molar-refractivity contribution in [1.29, 1.82) is 0 Å². The highest BCUT2D eigenvalue weighted by Gasteiger charge is 2.33. The second kappa shape index (κ2) is 7.28. The molecule has 0 radical (unpaired) electrons. The SMILES string of the molecule is CCN(C(=O)CSC[C@H](N)C(=O)O)C1CCS(=O)(=O)C1. The molecule has 0 spiro atoms. The summed E-state index contributed by atoms with van der Waals surface area (Å²) in [6.45, 7) is 2.25. The Hall–Kier alpha value is -0.800. The number of hydrogen-bond acceptors (Lipinski definition) is 6. The summed E-state index contributed by atoms with van der Waals surface area (Å²) in [7, 11) is -3.03. The fourth-order valence-corrected chi connectivity index (χ4v) is 4.67. The molecule has 2 atom stereocenters. The number of thioether (sulfide) groups is 1. The van der Waals surface area contributed by atoms with Gasteiger partial charge in [-0.15, -0.1) is 11.8 Å². The van der Waals surface area contributed by atoms with Crippen LogP contribution in [0.2, 0.25) is 0 Å². The lowest BCUT2D eigenvalue weighted by molar-refractivity contribution is -0.138. The summed E-state index contributed by atoms with van der Waals surface area (Å²) in [6.07, 6.45) is 0.473. The molecule has 1 aliphatic rings. The smallest absolute Gasteiger partial charge is 0.321 e. The summed E-state index contributed by atoms with van der Waals surface area (Å²) >= 11 is 1.15. The summed E-state index contributed by atoms with van der Waals surface area (Å²) in [5, 5.41) is 8.63. The maximum Gasteiger partial charge on any atom is 0.321 e. The fraction of sp³-hybridized carbons (Fsp3) is 0.818. The topological polar surface area (TPSA) is 118 Å². The first-order valence-electron chi connectivity index (χ1n) is 6.33. The monoisotopic (exact) mass is 324 g/mol. The van der Waals surface area contributed by atoms with Gasteiger partial charge in [0.1, 0.15) is 6.04 Å². The molecule has 9 heteroatoms. The van der Waals surface area contributed by atoms with Crippen molar-refractivity contribution in [3.05, 3.63) is 0 Å². The van der Waals surface area contributed by atoms with E-state index in [0.29, 0.717) is 13.0 Å². The zero-order chi connectivity index (χ0) is 15.3. The van der Waals surface area contributed by atoms with E-state index >= 15 is 0 Å². The zero-order valence-corrected chi connectivity index (χ0v) is 13.0. The second-order valence-electron chi connectivity index (χ2n) is 4.70. The molecule has 1 unspecified atom stereocenters. The quantitative estimate of drug-likeness (QED) is 0.627. The Labute approximate surface area is 122 Å². The van der Waals surface area contributed by atoms with Crippen molar-refractivity contribution < 1.29 is 23.1 Å². The molecule has 7 nitrogen and oxygen atoms in total. The van der Waals surface area contributed by atoms with E-state index in [1.165, 1.54) is 0 Å². The van der Waals surface area contributed by atoms with Gasteiger partial charge in [0.05, 0.1) is 17.3 Å². The summed E-state index contributed by atoms with van der Waals surface area (Å²) in [4.78, 5) is 24.2. The predicted molar refractivity (Wildman–Crippen MR) is 77.4 cm³/mol. The van der Waals surface area contributed by atoms with Gasteiger partial charge in [-0.05, 0) is 13.3 Å². The second-order valence-corrected chi connectivity index (χ2v) is 7.96. The largest absolute Gasteiger partial charge is 0.480 e. The first-order valence-corrected chi connectivity index (χ1v) is 9.30. The number of sulfone groups is 1. The van der Waals surface area contributed by atoms with Crippen LogP contribution < -0.4 is 5.73 Å². The van der Waals surface area contributed by atoms with E-state index in [-0.39, 0.29) is 35.0 Å². The van der Waals surface area contributed by atoms with E-state index in [1.54, 1.807) is 11.8 Å². The number of hydrogen-bond donors (Lipinski definition) is 2. The van der Waals surface area contributed by atoms with Crippen molar-refractivity contribution in [2.24, 2.45) is 5.73 Å². The molecule has 0 aromatic carbocycles. The lowest BCUT2D eigenvalue weighted by Gasteiger charge is -2.26. The third-order valence-corrected chi connectivity index (χ3v) is 5.95. The molecule has 20 heavy (non-hydrogen) atoms. The van der Waals surface area contributed by atoms with E-state index in [2.05, 4.69) is 0 Å². The van der Waals surface area contributed by atoms with Gasteiger partial charge in [0.2, 0.25) is 5.91 Å². The maximum absolute atomic E-state index is 12.0. The highest BCUT2D eigenvalue weighted by atomic mass is 32.2. The van der Waals surface area contributed by atoms with Crippen molar-refractivity contribution in [1.82, 2.24) is 4.90 Å². The van der Waals surface area contributed by atoms with Crippen LogP contribution in [-0.4, -0.2) is 71.9 Å². The van der Waals surface area contributed by atoms with Gasteiger partial charge in [-0.3, -0.25) is 9.59 Å². The van der Waals surface area contributed by atoms with E-state index in [1.807, 2.05) is 0 Å². The van der Waals surface area contributed by atoms with Gasteiger partial charge in [-0.25, -0.2) is 8.42 Å². The molecule has 0 bridgehead atoms. The molecular formula is C11H20N2O5S2. The van der Waals surface area contributed by atoms with Gasteiger partial charge in [-0.2, -0.15) is 0 Å². The van der Waals surface area contributed by atoms with Crippen molar-refractivity contribution in [3.63, 3.8) is 0 Å². The molecule has 116 valence electrons. The van der Waals surface area contributed by atoms with Crippen molar-refractivity contribution in [3.8, 4) is 0 Å². The van der Waals surface area contributed by atoms with Gasteiger partial charge < -0.3 is 15.7 Å². The summed E-state index contributed by atoms with van der Waals surface area (Å²) < 4.78 is 22.9. The Kier molecular flexibility index (Phi) is 6.28. The van der Waals surface area contributed by atoms with E-state index in [4.69, 9.17) is 10.8 Å². The molecule has 0 saturated carbocycles. The predicted octanol–water partition coefficient (Wildman–Crippen LogP) is -0.833. The minimum atomic E-state index is -3.03. The third-order valence-electron chi connectivity index (χ3n) is 3.15. The normalized spacial score (nSPS) is 22.4. The minimum absolute atomic E-state index is 0.0197. The molecule has 1 heterocycles. The van der Waals surface area contributed by atoms with Crippen LogP contribution in [0, 0.1) is 0 Å². The Morgan fingerprint density at radius 2 is 2.15 bits per heavy atom. The van der Waals surface area contributed by atoms with Gasteiger partial charge in [0.15, 0.2) is 9.84 Å². The average molecular weight is 324 g/mol. The summed E-state index contributed by atoms with van der Waals surface area (Å²) in [6, 6.07) is -1.25. The summed E-state index contributed by atoms with van der Waals surface area (Å²) in [5.74, 6) is -0.853. The average Bonchev–Trinajstić information content (AvgIpc) is 2.70. The van der Waals surface area contributed by atoms with Crippen LogP contribution in [0.1, 0.15) is 13.3 Å². The molecule has 0 aromatic heterocycles. The minimum Gasteiger partial charge on any atom is -0.480 e. The Balaban J connectivity index is 2.46. The van der Waals surface area contributed by atoms with E-state index in [0.717, 1.165) is 11.8 Å². The van der Waals surface area contributed by atoms with Crippen LogP contribution in [0.15, 0.2) is 0 Å². The van der Waals surface area contributed by atoms with Gasteiger partial charge in [0.25, 0.3) is 0 Å². The van der Waals surface area contributed by atoms with Crippen LogP contribution in [0.3, 0.4) is 0 Å². The molecule has 1 amide bonds. The number of nitrogens with zero attached hydrogens (tertiary/aromatic N) is 1. The number of carboxylic acids is 1. The number of carboxylic acid groups (broad SMARTS) is 1. The van der Waals surface area contributed by atoms with Crippen molar-refractivity contribution in [2.45, 2.75) is 25.4 Å². The molecule has 1 rings (SSSR count). The molecule has 1 fully saturated rings. The number of carbonyl (C=O) groups excluding carboxylic acids is 1. The maximum atomic E-state index is 12.0. The lowest BCUT2D eigenvalue weighted by Crippen LogP contribution is -2.42. The molecule has 1 saturated heterocycles. The number of aliphatic carboxylic acids is 1. The number of rotatable bonds is 7. The Bertz CT molecular complexity index is 465. The van der Waals surface area contributed by atoms with Crippen molar-refractivity contribution in [2.75, 3.05) is 29.6 Å². The Morgan fingerprint density at radius 3 is 2.60 bits per heavy atom. The summed E-state index contributed by atoms with van der Waals surface area (Å²) in [5.41, 5.74) is 5.34. The standard InChI is InChI=1S/C11H20N2O5S2/c1-2-13(8-3-4-20(17,18)7-8)10(14)6-19-5-9(12)11(15)16/h8-9H,2-7,12H2,1H3,(H,15,16)/t8?,9-/m0/s1. The fourth-order valence-electron chi connectivity index (χ4n) is 2.09. The molecule has 3 N–H and O–H groups in total. The number of carbonyl (C=O) groups is 2. The zero-order valence-electron chi connectivity index (χ0n) is 11.3. The lowest BCUT2D eigenvalue weighted by atomic mass is 10.2. The van der Waals surface area contributed by atoms with Crippen LogP contribution in [-0.2, 0) is 19.4 Å². The van der Waals surface area contributed by atoms with Crippen LogP contribution in [0.4, 0.5) is 0 Å². The van der Waals surface area contributed by atoms with Gasteiger partial charge in [0, 0.05) is 18.3 Å². The Morgan fingerprint density at radius 1 is 1.50 bits per heavy atom. The third kappa shape index (κ3) is 4.95. The highest BCUT2D eigenvalue weighted by molar-refractivity contribution is 8.00. The highest BCUT2D eigenvalue weighted by Crippen LogP contribution is 2.18. The van der Waals surface area contributed by atoms with Gasteiger partial charge in [-0.1, -0.05) is 0 Å². The first kappa shape index (κ1) is 17.3. The number of amides is 1. The van der Waals surface area contributed by atoms with E-state index in [9.17, 15) is 18.0 Å². The van der Waals surface area contributed by atoms with Crippen LogP contribution >= 0.6 is 11.8 Å². The molecule has 0 aliphatic carbocycles. The molecule has 0 aromatic rings. The first-order chi connectivity index (χ1) is 9.26. The molecule has 1 aliphatic heterocycles.